The highest BCUT2D eigenvalue weighted by molar-refractivity contribution is 5.97. The van der Waals surface area contributed by atoms with E-state index in [1.165, 1.54) is 17.0 Å². The molecule has 1 aromatic heterocycles. The average molecular weight is 286 g/mol. The van der Waals surface area contributed by atoms with Crippen LogP contribution in [0, 0.1) is 16.0 Å². The van der Waals surface area contributed by atoms with Crippen molar-refractivity contribution in [1.29, 1.82) is 0 Å². The highest BCUT2D eigenvalue weighted by Gasteiger charge is 2.47. The number of carbonyl (C=O) groups excluding carboxylic acids is 1. The second kappa shape index (κ2) is 5.05. The molecule has 0 bridgehead atoms. The van der Waals surface area contributed by atoms with Crippen molar-refractivity contribution in [1.82, 2.24) is 0 Å². The van der Waals surface area contributed by atoms with Gasteiger partial charge in [0.1, 0.15) is 5.76 Å². The van der Waals surface area contributed by atoms with Crippen LogP contribution in [0.25, 0.3) is 0 Å². The molecule has 2 atom stereocenters. The molecule has 108 valence electrons. The number of amides is 1. The summed E-state index contributed by atoms with van der Waals surface area (Å²) in [5.41, 5.74) is 0.662. The summed E-state index contributed by atoms with van der Waals surface area (Å²) in [5.74, 6) is 0.917. The molecule has 6 heteroatoms. The van der Waals surface area contributed by atoms with Crippen LogP contribution in [0.4, 0.5) is 11.4 Å². The van der Waals surface area contributed by atoms with Gasteiger partial charge in [0, 0.05) is 36.7 Å². The Morgan fingerprint density at radius 3 is 2.62 bits per heavy atom. The maximum atomic E-state index is 12.4. The smallest absolute Gasteiger partial charge is 0.269 e. The quantitative estimate of drug-likeness (QED) is 0.639. The van der Waals surface area contributed by atoms with Gasteiger partial charge < -0.3 is 9.32 Å². The van der Waals surface area contributed by atoms with E-state index < -0.39 is 4.92 Å². The van der Waals surface area contributed by atoms with E-state index in [0.717, 1.165) is 12.2 Å². The summed E-state index contributed by atoms with van der Waals surface area (Å²) >= 11 is 0. The molecule has 6 nitrogen and oxygen atoms in total. The number of nitrogens with zero attached hydrogens (tertiary/aromatic N) is 2. The van der Waals surface area contributed by atoms with Gasteiger partial charge in [0.2, 0.25) is 5.91 Å². The van der Waals surface area contributed by atoms with Crippen LogP contribution in [-0.2, 0) is 4.79 Å². The summed E-state index contributed by atoms with van der Waals surface area (Å²) in [7, 11) is 1.68. The number of anilines is 1. The van der Waals surface area contributed by atoms with Gasteiger partial charge >= 0.3 is 0 Å². The summed E-state index contributed by atoms with van der Waals surface area (Å²) in [6, 6.07) is 9.66. The van der Waals surface area contributed by atoms with E-state index in [1.807, 2.05) is 12.1 Å². The Kier molecular flexibility index (Phi) is 3.21. The topological polar surface area (TPSA) is 76.6 Å². The average Bonchev–Trinajstić information content (AvgIpc) is 3.11. The van der Waals surface area contributed by atoms with Crippen molar-refractivity contribution >= 4 is 17.3 Å². The van der Waals surface area contributed by atoms with Crippen LogP contribution in [0.3, 0.4) is 0 Å². The summed E-state index contributed by atoms with van der Waals surface area (Å²) in [4.78, 5) is 24.1. The summed E-state index contributed by atoms with van der Waals surface area (Å²) in [6.07, 6.45) is 2.39. The van der Waals surface area contributed by atoms with Crippen molar-refractivity contribution in [3.8, 4) is 0 Å². The first-order valence-corrected chi connectivity index (χ1v) is 6.63. The van der Waals surface area contributed by atoms with Crippen LogP contribution in [0.5, 0.6) is 0 Å². The third-order valence-electron chi connectivity index (χ3n) is 3.79. The zero-order valence-electron chi connectivity index (χ0n) is 11.4. The minimum atomic E-state index is -0.459. The normalized spacial score (nSPS) is 20.0. The lowest BCUT2D eigenvalue weighted by Gasteiger charge is -2.17. The van der Waals surface area contributed by atoms with Crippen LogP contribution in [0.15, 0.2) is 47.1 Å². The predicted molar refractivity (Wildman–Crippen MR) is 76.1 cm³/mol. The summed E-state index contributed by atoms with van der Waals surface area (Å²) < 4.78 is 5.32. The molecule has 0 N–H and O–H groups in total. The minimum absolute atomic E-state index is 0.00486. The van der Waals surface area contributed by atoms with Crippen LogP contribution in [-0.4, -0.2) is 17.9 Å². The molecule has 0 unspecified atom stereocenters. The van der Waals surface area contributed by atoms with Crippen molar-refractivity contribution in [2.24, 2.45) is 5.92 Å². The maximum Gasteiger partial charge on any atom is 0.269 e. The van der Waals surface area contributed by atoms with Gasteiger partial charge in [0.25, 0.3) is 5.69 Å². The van der Waals surface area contributed by atoms with Gasteiger partial charge in [-0.15, -0.1) is 0 Å². The Labute approximate surface area is 121 Å². The molecule has 1 aliphatic rings. The van der Waals surface area contributed by atoms with Gasteiger partial charge in [-0.1, -0.05) is 0 Å². The highest BCUT2D eigenvalue weighted by Crippen LogP contribution is 2.48. The number of hydrogen-bond acceptors (Lipinski definition) is 4. The van der Waals surface area contributed by atoms with Crippen molar-refractivity contribution in [3.05, 3.63) is 58.5 Å². The lowest BCUT2D eigenvalue weighted by molar-refractivity contribution is -0.384. The number of carbonyl (C=O) groups is 1. The first-order chi connectivity index (χ1) is 10.1. The number of rotatable bonds is 4. The number of hydrogen-bond donors (Lipinski definition) is 0. The molecule has 0 radical (unpaired) electrons. The Hall–Kier alpha value is -2.63. The van der Waals surface area contributed by atoms with Crippen molar-refractivity contribution in [2.45, 2.75) is 12.3 Å². The highest BCUT2D eigenvalue weighted by atomic mass is 16.6. The molecule has 0 saturated heterocycles. The molecule has 1 aromatic carbocycles. The van der Waals surface area contributed by atoms with E-state index in [9.17, 15) is 14.9 Å². The third-order valence-corrected chi connectivity index (χ3v) is 3.79. The number of non-ortho nitro benzene ring substituents is 1. The van der Waals surface area contributed by atoms with Crippen molar-refractivity contribution < 1.29 is 14.1 Å². The lowest BCUT2D eigenvalue weighted by Crippen LogP contribution is -2.28. The fraction of sp³-hybridized carbons (Fsp3) is 0.267. The zero-order valence-corrected chi connectivity index (χ0v) is 11.4. The largest absolute Gasteiger partial charge is 0.469 e. The monoisotopic (exact) mass is 286 g/mol. The molecule has 0 spiro atoms. The molecule has 2 aromatic rings. The Morgan fingerprint density at radius 2 is 2.05 bits per heavy atom. The molecule has 1 saturated carbocycles. The van der Waals surface area contributed by atoms with E-state index >= 15 is 0 Å². The number of furan rings is 1. The van der Waals surface area contributed by atoms with Gasteiger partial charge in [-0.3, -0.25) is 14.9 Å². The fourth-order valence-electron chi connectivity index (χ4n) is 2.46. The van der Waals surface area contributed by atoms with Crippen LogP contribution >= 0.6 is 0 Å². The molecule has 3 rings (SSSR count). The lowest BCUT2D eigenvalue weighted by atomic mass is 10.2. The second-order valence-corrected chi connectivity index (χ2v) is 5.13. The Balaban J connectivity index is 1.69. The molecule has 1 fully saturated rings. The van der Waals surface area contributed by atoms with Crippen molar-refractivity contribution in [3.63, 3.8) is 0 Å². The Morgan fingerprint density at radius 1 is 1.33 bits per heavy atom. The SMILES string of the molecule is CN(C(=O)[C@H]1C[C@H]1c1ccco1)c1ccc([N+](=O)[O-])cc1. The predicted octanol–water partition coefficient (Wildman–Crippen LogP) is 2.95. The summed E-state index contributed by atoms with van der Waals surface area (Å²) in [5, 5.41) is 10.6. The minimum Gasteiger partial charge on any atom is -0.469 e. The van der Waals surface area contributed by atoms with Gasteiger partial charge in [-0.05, 0) is 30.7 Å². The maximum absolute atomic E-state index is 12.4. The van der Waals surface area contributed by atoms with E-state index in [2.05, 4.69) is 0 Å². The van der Waals surface area contributed by atoms with Gasteiger partial charge in [0.15, 0.2) is 0 Å². The van der Waals surface area contributed by atoms with Crippen LogP contribution < -0.4 is 4.90 Å². The molecular formula is C15H14N2O4. The second-order valence-electron chi connectivity index (χ2n) is 5.13. The molecule has 21 heavy (non-hydrogen) atoms. The van der Waals surface area contributed by atoms with Crippen LogP contribution in [0.2, 0.25) is 0 Å². The van der Waals surface area contributed by atoms with E-state index in [4.69, 9.17) is 4.42 Å². The first-order valence-electron chi connectivity index (χ1n) is 6.63. The van der Waals surface area contributed by atoms with Crippen molar-refractivity contribution in [2.75, 3.05) is 11.9 Å². The number of nitro groups is 1. The van der Waals surface area contributed by atoms with Gasteiger partial charge in [0.05, 0.1) is 11.2 Å². The van der Waals surface area contributed by atoms with Gasteiger partial charge in [-0.2, -0.15) is 0 Å². The zero-order chi connectivity index (χ0) is 15.0. The van der Waals surface area contributed by atoms with Gasteiger partial charge in [-0.25, -0.2) is 0 Å². The molecule has 1 aliphatic carbocycles. The van der Waals surface area contributed by atoms with E-state index in [0.29, 0.717) is 5.69 Å². The van der Waals surface area contributed by atoms with Crippen LogP contribution in [0.1, 0.15) is 18.1 Å². The number of nitro benzene ring substituents is 1. The molecular weight excluding hydrogens is 272 g/mol. The third kappa shape index (κ3) is 2.52. The van der Waals surface area contributed by atoms with E-state index in [1.54, 1.807) is 25.4 Å². The first kappa shape index (κ1) is 13.4. The Bertz CT molecular complexity index is 663. The standard InChI is InChI=1S/C15H14N2O4/c1-16(10-4-6-11(7-5-10)17(19)20)15(18)13-9-12(13)14-3-2-8-21-14/h2-8,12-13H,9H2,1H3/t12-,13+/m1/s1. The fourth-order valence-corrected chi connectivity index (χ4v) is 2.46. The summed E-state index contributed by atoms with van der Waals surface area (Å²) in [6.45, 7) is 0. The molecule has 1 heterocycles. The van der Waals surface area contributed by atoms with E-state index in [-0.39, 0.29) is 23.4 Å². The molecule has 0 aliphatic heterocycles. The molecule has 1 amide bonds. The number of benzene rings is 1.